The molecule has 1 aromatic rings. The van der Waals surface area contributed by atoms with Gasteiger partial charge >= 0.3 is 0 Å². The lowest BCUT2D eigenvalue weighted by atomic mass is 10.7. The highest BCUT2D eigenvalue weighted by atomic mass is 79.9. The van der Waals surface area contributed by atoms with Gasteiger partial charge in [-0.25, -0.2) is 4.68 Å². The average molecular weight is 192 g/mol. The van der Waals surface area contributed by atoms with Gasteiger partial charge in [-0.2, -0.15) is 9.49 Å². The van der Waals surface area contributed by atoms with Gasteiger partial charge in [0.25, 0.3) is 0 Å². The lowest BCUT2D eigenvalue weighted by Crippen LogP contribution is -1.98. The van der Waals surface area contributed by atoms with Gasteiger partial charge in [-0.05, 0) is 22.9 Å². The van der Waals surface area contributed by atoms with Crippen LogP contribution in [0.2, 0.25) is 0 Å². The van der Waals surface area contributed by atoms with Crippen LogP contribution < -0.4 is 0 Å². The van der Waals surface area contributed by atoms with Crippen molar-refractivity contribution in [3.63, 3.8) is 0 Å². The van der Waals surface area contributed by atoms with Gasteiger partial charge in [-0.3, -0.25) is 0 Å². The van der Waals surface area contributed by atoms with Crippen LogP contribution in [0.4, 0.5) is 4.39 Å². The summed E-state index contributed by atoms with van der Waals surface area (Å²) >= 11 is 2.94. The van der Waals surface area contributed by atoms with Crippen LogP contribution in [-0.2, 0) is 6.54 Å². The van der Waals surface area contributed by atoms with Crippen LogP contribution in [0.3, 0.4) is 0 Å². The molecule has 1 heterocycles. The van der Waals surface area contributed by atoms with Crippen molar-refractivity contribution >= 4 is 15.9 Å². The Bertz CT molecular complexity index is 209. The lowest BCUT2D eigenvalue weighted by Gasteiger charge is -1.92. The van der Waals surface area contributed by atoms with Gasteiger partial charge in [0.15, 0.2) is 0 Å². The predicted octanol–water partition coefficient (Wildman–Crippen LogP) is 1.60. The standard InChI is InChI=1S/C5H5BrFN2/c1-2-9-5(7)4(6)3-8-9/h2H2,1H3. The molecule has 0 saturated carbocycles. The molecular weight excluding hydrogens is 187 g/mol. The maximum atomic E-state index is 12.6. The number of hydrogen-bond acceptors (Lipinski definition) is 1. The Morgan fingerprint density at radius 3 is 2.78 bits per heavy atom. The van der Waals surface area contributed by atoms with Gasteiger partial charge in [-0.1, -0.05) is 0 Å². The first kappa shape index (κ1) is 6.74. The van der Waals surface area contributed by atoms with E-state index in [-0.39, 0.29) is 5.95 Å². The molecule has 0 aliphatic rings. The van der Waals surface area contributed by atoms with Crippen LogP contribution in [0.1, 0.15) is 6.92 Å². The van der Waals surface area contributed by atoms with E-state index >= 15 is 0 Å². The van der Waals surface area contributed by atoms with E-state index in [0.29, 0.717) is 11.0 Å². The van der Waals surface area contributed by atoms with Crippen LogP contribution >= 0.6 is 15.9 Å². The van der Waals surface area contributed by atoms with Gasteiger partial charge in [0.05, 0.1) is 0 Å². The highest BCUT2D eigenvalue weighted by Crippen LogP contribution is 2.11. The summed E-state index contributed by atoms with van der Waals surface area (Å²) < 4.78 is 14.1. The Morgan fingerprint density at radius 2 is 2.56 bits per heavy atom. The number of nitrogens with zero attached hydrogens (tertiary/aromatic N) is 2. The van der Waals surface area contributed by atoms with Gasteiger partial charge in [-0.15, -0.1) is 0 Å². The van der Waals surface area contributed by atoms with Crippen molar-refractivity contribution in [2.24, 2.45) is 0 Å². The predicted molar refractivity (Wildman–Crippen MR) is 34.4 cm³/mol. The highest BCUT2D eigenvalue weighted by molar-refractivity contribution is 9.10. The van der Waals surface area contributed by atoms with Crippen molar-refractivity contribution in [1.29, 1.82) is 0 Å². The molecule has 1 radical (unpaired) electrons. The number of halogens is 2. The second-order valence-corrected chi connectivity index (χ2v) is 2.33. The van der Waals surface area contributed by atoms with E-state index in [1.165, 1.54) is 4.68 Å². The maximum absolute atomic E-state index is 12.6. The summed E-state index contributed by atoms with van der Waals surface area (Å²) in [5.74, 6) is -0.363. The first-order chi connectivity index (χ1) is 4.25. The molecule has 1 aromatic heterocycles. The molecule has 2 nitrogen and oxygen atoms in total. The zero-order valence-corrected chi connectivity index (χ0v) is 6.44. The average Bonchev–Trinajstić information content (AvgIpc) is 2.15. The SMILES string of the molecule is CCn1n[c]c(Br)c1F. The molecule has 0 bridgehead atoms. The molecule has 9 heavy (non-hydrogen) atoms. The fourth-order valence-corrected chi connectivity index (χ4v) is 0.801. The molecule has 0 aliphatic carbocycles. The third kappa shape index (κ3) is 1.13. The molecule has 0 atom stereocenters. The molecule has 0 saturated heterocycles. The van der Waals surface area contributed by atoms with Crippen LogP contribution in [-0.4, -0.2) is 9.78 Å². The van der Waals surface area contributed by atoms with Crippen LogP contribution in [0, 0.1) is 12.1 Å². The molecule has 0 spiro atoms. The minimum Gasteiger partial charge on any atom is -0.238 e. The molecule has 1 rings (SSSR count). The van der Waals surface area contributed by atoms with E-state index in [1.54, 1.807) is 0 Å². The first-order valence-corrected chi connectivity index (χ1v) is 3.34. The van der Waals surface area contributed by atoms with Gasteiger partial charge in [0, 0.05) is 6.54 Å². The Labute approximate surface area is 60.8 Å². The van der Waals surface area contributed by atoms with E-state index in [1.807, 2.05) is 6.92 Å². The topological polar surface area (TPSA) is 17.8 Å². The fourth-order valence-electron chi connectivity index (χ4n) is 0.517. The monoisotopic (exact) mass is 191 g/mol. The van der Waals surface area contributed by atoms with Crippen molar-refractivity contribution < 1.29 is 4.39 Å². The van der Waals surface area contributed by atoms with Gasteiger partial charge in [0.1, 0.15) is 10.7 Å². The zero-order chi connectivity index (χ0) is 6.85. The minimum absolute atomic E-state index is 0.296. The van der Waals surface area contributed by atoms with Crippen molar-refractivity contribution in [2.45, 2.75) is 13.5 Å². The maximum Gasteiger partial charge on any atom is 0.226 e. The summed E-state index contributed by atoms with van der Waals surface area (Å²) in [6.07, 6.45) is 2.44. The summed E-state index contributed by atoms with van der Waals surface area (Å²) in [6, 6.07) is 0. The molecule has 0 N–H and O–H groups in total. The van der Waals surface area contributed by atoms with E-state index in [0.717, 1.165) is 0 Å². The molecule has 0 unspecified atom stereocenters. The van der Waals surface area contributed by atoms with E-state index in [4.69, 9.17) is 0 Å². The highest BCUT2D eigenvalue weighted by Gasteiger charge is 2.04. The molecule has 49 valence electrons. The van der Waals surface area contributed by atoms with E-state index < -0.39 is 0 Å². The quantitative estimate of drug-likeness (QED) is 0.660. The van der Waals surface area contributed by atoms with Crippen molar-refractivity contribution in [3.05, 3.63) is 16.6 Å². The second-order valence-electron chi connectivity index (χ2n) is 1.53. The third-order valence-corrected chi connectivity index (χ3v) is 1.48. The Kier molecular flexibility index (Phi) is 1.85. The van der Waals surface area contributed by atoms with Crippen molar-refractivity contribution in [2.75, 3.05) is 0 Å². The second kappa shape index (κ2) is 2.47. The lowest BCUT2D eigenvalue weighted by molar-refractivity contribution is 0.467. The normalized spacial score (nSPS) is 10.1. The van der Waals surface area contributed by atoms with Crippen LogP contribution in [0.5, 0.6) is 0 Å². The van der Waals surface area contributed by atoms with Gasteiger partial charge < -0.3 is 0 Å². The van der Waals surface area contributed by atoms with Gasteiger partial charge in [0.2, 0.25) is 5.95 Å². The molecule has 4 heteroatoms. The van der Waals surface area contributed by atoms with Crippen molar-refractivity contribution in [3.8, 4) is 0 Å². The molecule has 0 amide bonds. The number of rotatable bonds is 1. The largest absolute Gasteiger partial charge is 0.238 e. The Hall–Kier alpha value is -0.380. The summed E-state index contributed by atoms with van der Waals surface area (Å²) in [4.78, 5) is 0. The molecular formula is C5H5BrFN2. The third-order valence-electron chi connectivity index (χ3n) is 0.976. The van der Waals surface area contributed by atoms with Crippen LogP contribution in [0.25, 0.3) is 0 Å². The Balaban J connectivity index is 3.04. The van der Waals surface area contributed by atoms with E-state index in [2.05, 4.69) is 27.2 Å². The van der Waals surface area contributed by atoms with E-state index in [9.17, 15) is 4.39 Å². The fraction of sp³-hybridized carbons (Fsp3) is 0.400. The molecule has 0 aromatic carbocycles. The molecule has 0 fully saturated rings. The number of aromatic nitrogens is 2. The summed E-state index contributed by atoms with van der Waals surface area (Å²) in [5, 5.41) is 3.60. The number of hydrogen-bond donors (Lipinski definition) is 0. The summed E-state index contributed by atoms with van der Waals surface area (Å²) in [5.41, 5.74) is 0. The minimum atomic E-state index is -0.363. The summed E-state index contributed by atoms with van der Waals surface area (Å²) in [7, 11) is 0. The van der Waals surface area contributed by atoms with Crippen LogP contribution in [0.15, 0.2) is 4.47 Å². The molecule has 0 aliphatic heterocycles. The van der Waals surface area contributed by atoms with Crippen molar-refractivity contribution in [1.82, 2.24) is 9.78 Å². The first-order valence-electron chi connectivity index (χ1n) is 2.55. The smallest absolute Gasteiger partial charge is 0.226 e. The zero-order valence-electron chi connectivity index (χ0n) is 4.86. The number of aryl methyl sites for hydroxylation is 1. The summed E-state index contributed by atoms with van der Waals surface area (Å²) in [6.45, 7) is 2.35. The Morgan fingerprint density at radius 1 is 1.89 bits per heavy atom.